The normalized spacial score (nSPS) is 24.7. The molecule has 2 aliphatic rings. The van der Waals surface area contributed by atoms with Gasteiger partial charge < -0.3 is 14.8 Å². The van der Waals surface area contributed by atoms with Gasteiger partial charge in [-0.1, -0.05) is 6.07 Å². The minimum absolute atomic E-state index is 0.483. The molecule has 140 valence electrons. The molecular weight excluding hydrogens is 328 g/mol. The standard InChI is InChI=1S/C20H28N4O2/c1-25-13-15-2-7-19-18(12-15)20(22-14-21-19)23-16-3-5-17(6-4-16)24-8-10-26-11-9-24/h2,7,12,14,16-17H,3-6,8-11,13H2,1H3,(H,21,22,23). The molecule has 0 atom stereocenters. The van der Waals surface area contributed by atoms with Gasteiger partial charge in [-0.3, -0.25) is 4.90 Å². The Hall–Kier alpha value is -1.76. The topological polar surface area (TPSA) is 59.5 Å². The maximum atomic E-state index is 5.48. The minimum Gasteiger partial charge on any atom is -0.380 e. The van der Waals surface area contributed by atoms with Gasteiger partial charge in [0.25, 0.3) is 0 Å². The van der Waals surface area contributed by atoms with Gasteiger partial charge in [0.15, 0.2) is 0 Å². The van der Waals surface area contributed by atoms with E-state index < -0.39 is 0 Å². The molecule has 2 heterocycles. The van der Waals surface area contributed by atoms with Crippen LogP contribution in [0.5, 0.6) is 0 Å². The smallest absolute Gasteiger partial charge is 0.137 e. The molecule has 0 unspecified atom stereocenters. The van der Waals surface area contributed by atoms with Gasteiger partial charge in [-0.05, 0) is 43.4 Å². The SMILES string of the molecule is COCc1ccc2ncnc(NC3CCC(N4CCOCC4)CC3)c2c1. The highest BCUT2D eigenvalue weighted by Crippen LogP contribution is 2.28. The molecule has 6 nitrogen and oxygen atoms in total. The van der Waals surface area contributed by atoms with Crippen molar-refractivity contribution in [1.29, 1.82) is 0 Å². The maximum absolute atomic E-state index is 5.48. The molecule has 1 saturated carbocycles. The number of ether oxygens (including phenoxy) is 2. The number of hydrogen-bond donors (Lipinski definition) is 1. The zero-order valence-electron chi connectivity index (χ0n) is 15.5. The first-order chi connectivity index (χ1) is 12.8. The van der Waals surface area contributed by atoms with Crippen LogP contribution in [0.4, 0.5) is 5.82 Å². The van der Waals surface area contributed by atoms with E-state index in [0.29, 0.717) is 18.7 Å². The highest BCUT2D eigenvalue weighted by molar-refractivity contribution is 5.89. The lowest BCUT2D eigenvalue weighted by molar-refractivity contribution is 0.00791. The predicted molar refractivity (Wildman–Crippen MR) is 102 cm³/mol. The third-order valence-electron chi connectivity index (χ3n) is 5.61. The van der Waals surface area contributed by atoms with Crippen LogP contribution in [-0.4, -0.2) is 60.4 Å². The zero-order chi connectivity index (χ0) is 17.8. The number of morpholine rings is 1. The van der Waals surface area contributed by atoms with Crippen LogP contribution in [0.25, 0.3) is 10.9 Å². The Morgan fingerprint density at radius 3 is 2.73 bits per heavy atom. The van der Waals surface area contributed by atoms with Crippen molar-refractivity contribution in [3.05, 3.63) is 30.1 Å². The summed E-state index contributed by atoms with van der Waals surface area (Å²) < 4.78 is 10.7. The van der Waals surface area contributed by atoms with E-state index in [2.05, 4.69) is 32.3 Å². The summed E-state index contributed by atoms with van der Waals surface area (Å²) in [5.74, 6) is 0.947. The summed E-state index contributed by atoms with van der Waals surface area (Å²) in [7, 11) is 1.72. The summed E-state index contributed by atoms with van der Waals surface area (Å²) in [6.45, 7) is 4.54. The van der Waals surface area contributed by atoms with E-state index in [-0.39, 0.29) is 0 Å². The Morgan fingerprint density at radius 2 is 1.96 bits per heavy atom. The van der Waals surface area contributed by atoms with Crippen molar-refractivity contribution in [2.24, 2.45) is 0 Å². The maximum Gasteiger partial charge on any atom is 0.137 e. The first-order valence-electron chi connectivity index (χ1n) is 9.64. The molecule has 1 aromatic heterocycles. The number of nitrogens with one attached hydrogen (secondary N) is 1. The second-order valence-corrected chi connectivity index (χ2v) is 7.30. The molecule has 1 N–H and O–H groups in total. The summed E-state index contributed by atoms with van der Waals surface area (Å²) in [5, 5.41) is 4.76. The Balaban J connectivity index is 1.42. The van der Waals surface area contributed by atoms with Crippen LogP contribution in [0.3, 0.4) is 0 Å². The molecule has 4 rings (SSSR count). The van der Waals surface area contributed by atoms with E-state index in [4.69, 9.17) is 9.47 Å². The molecular formula is C20H28N4O2. The Bertz CT molecular complexity index is 725. The van der Waals surface area contributed by atoms with E-state index in [0.717, 1.165) is 48.6 Å². The van der Waals surface area contributed by atoms with Crippen LogP contribution in [0.1, 0.15) is 31.2 Å². The average molecular weight is 356 g/mol. The fourth-order valence-electron chi connectivity index (χ4n) is 4.20. The Kier molecular flexibility index (Phi) is 5.62. The van der Waals surface area contributed by atoms with Crippen molar-refractivity contribution in [2.45, 2.75) is 44.4 Å². The van der Waals surface area contributed by atoms with Crippen molar-refractivity contribution in [1.82, 2.24) is 14.9 Å². The number of aromatic nitrogens is 2. The van der Waals surface area contributed by atoms with Crippen LogP contribution >= 0.6 is 0 Å². The van der Waals surface area contributed by atoms with Gasteiger partial charge in [-0.25, -0.2) is 9.97 Å². The summed E-state index contributed by atoms with van der Waals surface area (Å²) >= 11 is 0. The molecule has 0 radical (unpaired) electrons. The number of anilines is 1. The molecule has 1 saturated heterocycles. The summed E-state index contributed by atoms with van der Waals surface area (Å²) in [5.41, 5.74) is 2.12. The quantitative estimate of drug-likeness (QED) is 0.889. The zero-order valence-corrected chi connectivity index (χ0v) is 15.5. The van der Waals surface area contributed by atoms with Crippen molar-refractivity contribution >= 4 is 16.7 Å². The largest absolute Gasteiger partial charge is 0.380 e. The fraction of sp³-hybridized carbons (Fsp3) is 0.600. The van der Waals surface area contributed by atoms with Gasteiger partial charge >= 0.3 is 0 Å². The monoisotopic (exact) mass is 356 g/mol. The lowest BCUT2D eigenvalue weighted by atomic mass is 9.90. The van der Waals surface area contributed by atoms with Gasteiger partial charge in [0.05, 0.1) is 25.3 Å². The second kappa shape index (κ2) is 8.29. The van der Waals surface area contributed by atoms with Gasteiger partial charge in [-0.15, -0.1) is 0 Å². The van der Waals surface area contributed by atoms with Crippen molar-refractivity contribution in [3.8, 4) is 0 Å². The molecule has 0 amide bonds. The number of fused-ring (bicyclic) bond motifs is 1. The van der Waals surface area contributed by atoms with Crippen LogP contribution in [0.2, 0.25) is 0 Å². The first kappa shape index (κ1) is 17.6. The van der Waals surface area contributed by atoms with Crippen molar-refractivity contribution < 1.29 is 9.47 Å². The highest BCUT2D eigenvalue weighted by atomic mass is 16.5. The lowest BCUT2D eigenvalue weighted by Crippen LogP contribution is -2.46. The van der Waals surface area contributed by atoms with E-state index in [1.54, 1.807) is 13.4 Å². The summed E-state index contributed by atoms with van der Waals surface area (Å²) in [6.07, 6.45) is 6.52. The third kappa shape index (κ3) is 3.98. The molecule has 0 bridgehead atoms. The minimum atomic E-state index is 0.483. The van der Waals surface area contributed by atoms with Crippen LogP contribution < -0.4 is 5.32 Å². The second-order valence-electron chi connectivity index (χ2n) is 7.30. The lowest BCUT2D eigenvalue weighted by Gasteiger charge is -2.39. The molecule has 6 heteroatoms. The van der Waals surface area contributed by atoms with Crippen LogP contribution in [0.15, 0.2) is 24.5 Å². The fourth-order valence-corrected chi connectivity index (χ4v) is 4.20. The van der Waals surface area contributed by atoms with Crippen LogP contribution in [-0.2, 0) is 16.1 Å². The highest BCUT2D eigenvalue weighted by Gasteiger charge is 2.27. The van der Waals surface area contributed by atoms with Gasteiger partial charge in [-0.2, -0.15) is 0 Å². The van der Waals surface area contributed by atoms with E-state index >= 15 is 0 Å². The van der Waals surface area contributed by atoms with Crippen molar-refractivity contribution in [3.63, 3.8) is 0 Å². The van der Waals surface area contributed by atoms with Crippen LogP contribution in [0, 0.1) is 0 Å². The number of nitrogens with zero attached hydrogens (tertiary/aromatic N) is 3. The molecule has 26 heavy (non-hydrogen) atoms. The van der Waals surface area contributed by atoms with E-state index in [1.165, 1.54) is 25.7 Å². The molecule has 2 fully saturated rings. The molecule has 2 aromatic rings. The van der Waals surface area contributed by atoms with E-state index in [9.17, 15) is 0 Å². The first-order valence-corrected chi connectivity index (χ1v) is 9.64. The van der Waals surface area contributed by atoms with Gasteiger partial charge in [0, 0.05) is 37.7 Å². The van der Waals surface area contributed by atoms with Gasteiger partial charge in [0.2, 0.25) is 0 Å². The Labute approximate surface area is 154 Å². The molecule has 0 spiro atoms. The number of hydrogen-bond acceptors (Lipinski definition) is 6. The van der Waals surface area contributed by atoms with Crippen molar-refractivity contribution in [2.75, 3.05) is 38.7 Å². The van der Waals surface area contributed by atoms with E-state index in [1.807, 2.05) is 6.07 Å². The number of methoxy groups -OCH3 is 1. The summed E-state index contributed by atoms with van der Waals surface area (Å²) in [6, 6.07) is 7.45. The summed E-state index contributed by atoms with van der Waals surface area (Å²) in [4.78, 5) is 11.5. The van der Waals surface area contributed by atoms with Gasteiger partial charge in [0.1, 0.15) is 12.1 Å². The molecule has 1 aliphatic heterocycles. The average Bonchev–Trinajstić information content (AvgIpc) is 2.70. The Morgan fingerprint density at radius 1 is 1.15 bits per heavy atom. The molecule has 1 aromatic carbocycles. The number of rotatable bonds is 5. The predicted octanol–water partition coefficient (Wildman–Crippen LogP) is 2.83. The number of benzene rings is 1. The third-order valence-corrected chi connectivity index (χ3v) is 5.61. The molecule has 1 aliphatic carbocycles.